The molecule has 92 valence electrons. The van der Waals surface area contributed by atoms with Crippen molar-refractivity contribution in [3.8, 4) is 6.07 Å². The quantitative estimate of drug-likeness (QED) is 0.735. The van der Waals surface area contributed by atoms with E-state index in [0.29, 0.717) is 12.8 Å². The third-order valence-electron chi connectivity index (χ3n) is 3.60. The molecule has 0 aromatic rings. The first-order valence-corrected chi connectivity index (χ1v) is 6.18. The van der Waals surface area contributed by atoms with Crippen LogP contribution in [0.25, 0.3) is 0 Å². The highest BCUT2D eigenvalue weighted by molar-refractivity contribution is 5.91. The minimum atomic E-state index is -0.706. The van der Waals surface area contributed by atoms with E-state index < -0.39 is 11.6 Å². The zero-order valence-electron chi connectivity index (χ0n) is 9.79. The first-order valence-electron chi connectivity index (χ1n) is 6.18. The summed E-state index contributed by atoms with van der Waals surface area (Å²) in [6, 6.07) is 1.79. The van der Waals surface area contributed by atoms with Crippen LogP contribution in [0.3, 0.4) is 0 Å². The van der Waals surface area contributed by atoms with Gasteiger partial charge in [-0.05, 0) is 19.3 Å². The number of carbonyl (C=O) groups is 2. The molecule has 1 atom stereocenters. The maximum atomic E-state index is 11.9. The molecule has 2 N–H and O–H groups in total. The number of nitrogens with one attached hydrogen (secondary N) is 2. The Balaban J connectivity index is 1.97. The summed E-state index contributed by atoms with van der Waals surface area (Å²) in [5, 5.41) is 14.7. The Kier molecular flexibility index (Phi) is 3.32. The second kappa shape index (κ2) is 4.74. The van der Waals surface area contributed by atoms with Gasteiger partial charge in [0.2, 0.25) is 11.8 Å². The molecule has 1 unspecified atom stereocenters. The lowest BCUT2D eigenvalue weighted by Gasteiger charge is -2.32. The van der Waals surface area contributed by atoms with Crippen LogP contribution in [0, 0.1) is 11.3 Å². The molecular weight excluding hydrogens is 218 g/mol. The van der Waals surface area contributed by atoms with Crippen LogP contribution in [-0.2, 0) is 9.59 Å². The van der Waals surface area contributed by atoms with Crippen molar-refractivity contribution in [3.63, 3.8) is 0 Å². The summed E-state index contributed by atoms with van der Waals surface area (Å²) in [4.78, 5) is 23.0. The van der Waals surface area contributed by atoms with E-state index in [0.717, 1.165) is 32.1 Å². The fourth-order valence-corrected chi connectivity index (χ4v) is 2.55. The second-order valence-electron chi connectivity index (χ2n) is 4.90. The van der Waals surface area contributed by atoms with Crippen LogP contribution in [-0.4, -0.2) is 23.4 Å². The van der Waals surface area contributed by atoms with Crippen molar-refractivity contribution in [2.24, 2.45) is 0 Å². The van der Waals surface area contributed by atoms with Gasteiger partial charge in [0.05, 0.1) is 6.07 Å². The highest BCUT2D eigenvalue weighted by Crippen LogP contribution is 2.27. The van der Waals surface area contributed by atoms with Crippen molar-refractivity contribution >= 4 is 11.8 Å². The van der Waals surface area contributed by atoms with E-state index in [1.54, 1.807) is 0 Å². The third-order valence-corrected chi connectivity index (χ3v) is 3.60. The molecule has 5 nitrogen and oxygen atoms in total. The minimum absolute atomic E-state index is 0.0835. The lowest BCUT2D eigenvalue weighted by atomic mass is 9.82. The molecule has 2 fully saturated rings. The third kappa shape index (κ3) is 2.57. The molecule has 17 heavy (non-hydrogen) atoms. The Morgan fingerprint density at radius 1 is 1.41 bits per heavy atom. The standard InChI is InChI=1S/C12H17N3O2/c13-8-12(6-2-1-3-7-12)15-11(17)9-4-5-10(16)14-9/h9H,1-7H2,(H,14,16)(H,15,17). The number of carbonyl (C=O) groups excluding carboxylic acids is 2. The molecule has 0 aromatic heterocycles. The molecule has 1 heterocycles. The van der Waals surface area contributed by atoms with Crippen LogP contribution in [0.15, 0.2) is 0 Å². The number of hydrogen-bond acceptors (Lipinski definition) is 3. The zero-order chi connectivity index (χ0) is 12.3. The largest absolute Gasteiger partial charge is 0.344 e. The molecule has 1 aliphatic carbocycles. The van der Waals surface area contributed by atoms with Gasteiger partial charge in [0.1, 0.15) is 11.6 Å². The van der Waals surface area contributed by atoms with E-state index in [9.17, 15) is 14.9 Å². The van der Waals surface area contributed by atoms with Crippen LogP contribution in [0.2, 0.25) is 0 Å². The van der Waals surface area contributed by atoms with Gasteiger partial charge in [-0.15, -0.1) is 0 Å². The van der Waals surface area contributed by atoms with Crippen molar-refractivity contribution < 1.29 is 9.59 Å². The average Bonchev–Trinajstić information content (AvgIpc) is 2.77. The van der Waals surface area contributed by atoms with E-state index >= 15 is 0 Å². The second-order valence-corrected chi connectivity index (χ2v) is 4.90. The molecule has 1 saturated carbocycles. The molecule has 2 aliphatic rings. The average molecular weight is 235 g/mol. The van der Waals surface area contributed by atoms with Crippen LogP contribution in [0.4, 0.5) is 0 Å². The molecule has 0 aromatic carbocycles. The number of nitrogens with zero attached hydrogens (tertiary/aromatic N) is 1. The molecule has 5 heteroatoms. The monoisotopic (exact) mass is 235 g/mol. The SMILES string of the molecule is N#CC1(NC(=O)C2CCC(=O)N2)CCCCC1. The van der Waals surface area contributed by atoms with Gasteiger partial charge < -0.3 is 10.6 Å². The van der Waals surface area contributed by atoms with Crippen LogP contribution < -0.4 is 10.6 Å². The smallest absolute Gasteiger partial charge is 0.243 e. The van der Waals surface area contributed by atoms with Crippen molar-refractivity contribution in [2.45, 2.75) is 56.5 Å². The van der Waals surface area contributed by atoms with Gasteiger partial charge in [-0.1, -0.05) is 19.3 Å². The molecule has 2 rings (SSSR count). The number of hydrogen-bond donors (Lipinski definition) is 2. The molecule has 1 aliphatic heterocycles. The van der Waals surface area contributed by atoms with Gasteiger partial charge in [0, 0.05) is 6.42 Å². The topological polar surface area (TPSA) is 82.0 Å². The summed E-state index contributed by atoms with van der Waals surface area (Å²) >= 11 is 0. The molecule has 2 amide bonds. The van der Waals surface area contributed by atoms with Crippen molar-refractivity contribution in [1.82, 2.24) is 10.6 Å². The maximum absolute atomic E-state index is 11.9. The van der Waals surface area contributed by atoms with Gasteiger partial charge >= 0.3 is 0 Å². The van der Waals surface area contributed by atoms with Crippen molar-refractivity contribution in [2.75, 3.05) is 0 Å². The summed E-state index contributed by atoms with van der Waals surface area (Å²) in [6.45, 7) is 0. The first kappa shape index (κ1) is 11.9. The van der Waals surface area contributed by atoms with Crippen molar-refractivity contribution in [3.05, 3.63) is 0 Å². The molecule has 0 spiro atoms. The Morgan fingerprint density at radius 2 is 2.12 bits per heavy atom. The van der Waals surface area contributed by atoms with E-state index in [4.69, 9.17) is 0 Å². The van der Waals surface area contributed by atoms with Crippen LogP contribution >= 0.6 is 0 Å². The Labute approximate surface area is 101 Å². The predicted molar refractivity (Wildman–Crippen MR) is 60.7 cm³/mol. The summed E-state index contributed by atoms with van der Waals surface area (Å²) in [6.07, 6.45) is 5.45. The molecule has 1 saturated heterocycles. The van der Waals surface area contributed by atoms with Crippen LogP contribution in [0.5, 0.6) is 0 Å². The first-order chi connectivity index (χ1) is 8.15. The summed E-state index contributed by atoms with van der Waals surface area (Å²) in [5.74, 6) is -0.292. The van der Waals surface area contributed by atoms with E-state index in [1.165, 1.54) is 0 Å². The van der Waals surface area contributed by atoms with E-state index in [-0.39, 0.29) is 11.8 Å². The zero-order valence-corrected chi connectivity index (χ0v) is 9.79. The number of nitriles is 1. The summed E-state index contributed by atoms with van der Waals surface area (Å²) in [5.41, 5.74) is -0.706. The number of rotatable bonds is 2. The van der Waals surface area contributed by atoms with E-state index in [1.807, 2.05) is 0 Å². The van der Waals surface area contributed by atoms with Gasteiger partial charge in [-0.3, -0.25) is 9.59 Å². The molecule has 0 radical (unpaired) electrons. The lowest BCUT2D eigenvalue weighted by Crippen LogP contribution is -2.53. The normalized spacial score (nSPS) is 27.0. The fourth-order valence-electron chi connectivity index (χ4n) is 2.55. The summed E-state index contributed by atoms with van der Waals surface area (Å²) < 4.78 is 0. The highest BCUT2D eigenvalue weighted by atomic mass is 16.2. The van der Waals surface area contributed by atoms with E-state index in [2.05, 4.69) is 16.7 Å². The van der Waals surface area contributed by atoms with Crippen LogP contribution in [0.1, 0.15) is 44.9 Å². The molecular formula is C12H17N3O2. The maximum Gasteiger partial charge on any atom is 0.243 e. The Morgan fingerprint density at radius 3 is 2.65 bits per heavy atom. The minimum Gasteiger partial charge on any atom is -0.344 e. The Hall–Kier alpha value is -1.57. The van der Waals surface area contributed by atoms with Gasteiger partial charge in [0.25, 0.3) is 0 Å². The predicted octanol–water partition coefficient (Wildman–Crippen LogP) is 0.608. The van der Waals surface area contributed by atoms with Gasteiger partial charge in [-0.25, -0.2) is 0 Å². The van der Waals surface area contributed by atoms with Gasteiger partial charge in [0.15, 0.2) is 0 Å². The van der Waals surface area contributed by atoms with Gasteiger partial charge in [-0.2, -0.15) is 5.26 Å². The highest BCUT2D eigenvalue weighted by Gasteiger charge is 2.37. The van der Waals surface area contributed by atoms with Crippen molar-refractivity contribution in [1.29, 1.82) is 5.26 Å². The number of amides is 2. The molecule has 0 bridgehead atoms. The Bertz CT molecular complexity index is 366. The fraction of sp³-hybridized carbons (Fsp3) is 0.750. The summed E-state index contributed by atoms with van der Waals surface area (Å²) in [7, 11) is 0. The lowest BCUT2D eigenvalue weighted by molar-refractivity contribution is -0.127.